The van der Waals surface area contributed by atoms with Crippen molar-refractivity contribution in [2.45, 2.75) is 51.6 Å². The topological polar surface area (TPSA) is 81.0 Å². The van der Waals surface area contributed by atoms with Gasteiger partial charge in [-0.25, -0.2) is 0 Å². The summed E-state index contributed by atoms with van der Waals surface area (Å²) in [6, 6.07) is 17.0. The van der Waals surface area contributed by atoms with E-state index >= 15 is 0 Å². The molecule has 0 unspecified atom stereocenters. The Morgan fingerprint density at radius 2 is 1.69 bits per heavy atom. The molecule has 1 saturated carbocycles. The molecule has 0 radical (unpaired) electrons. The van der Waals surface area contributed by atoms with Gasteiger partial charge in [-0.05, 0) is 68.7 Å². The third kappa shape index (κ3) is 5.67. The molecule has 1 aliphatic rings. The van der Waals surface area contributed by atoms with E-state index in [2.05, 4.69) is 5.32 Å². The van der Waals surface area contributed by atoms with Crippen molar-refractivity contribution in [2.75, 3.05) is 18.1 Å². The summed E-state index contributed by atoms with van der Waals surface area (Å²) in [5.74, 6) is 0.681. The summed E-state index contributed by atoms with van der Waals surface area (Å²) in [6.07, 6.45) is 5.49. The maximum absolute atomic E-state index is 13.9. The Kier molecular flexibility index (Phi) is 8.08. The average molecular weight is 477 g/mol. The van der Waals surface area contributed by atoms with Crippen molar-refractivity contribution in [1.29, 1.82) is 0 Å². The number of anilines is 1. The predicted molar refractivity (Wildman–Crippen MR) is 134 cm³/mol. The lowest BCUT2D eigenvalue weighted by Crippen LogP contribution is -2.46. The van der Waals surface area contributed by atoms with Crippen LogP contribution in [0.4, 0.5) is 5.69 Å². The summed E-state index contributed by atoms with van der Waals surface area (Å²) < 4.78 is 16.9. The van der Waals surface area contributed by atoms with Crippen LogP contribution in [0.5, 0.6) is 11.5 Å². The van der Waals surface area contributed by atoms with Crippen molar-refractivity contribution in [2.24, 2.45) is 0 Å². The van der Waals surface area contributed by atoms with E-state index in [0.717, 1.165) is 25.7 Å². The van der Waals surface area contributed by atoms with Crippen molar-refractivity contribution < 1.29 is 23.5 Å². The number of carbonyl (C=O) groups excluding carboxylic acids is 2. The molecule has 4 rings (SSSR count). The lowest BCUT2D eigenvalue weighted by atomic mass is 10.0. The number of nitrogens with one attached hydrogen (secondary N) is 1. The van der Waals surface area contributed by atoms with Gasteiger partial charge in [-0.2, -0.15) is 0 Å². The SMILES string of the molecule is CCOc1ccc([C@@H](C(=O)NC2CCCC2)N(C(=O)c2ccco2)c2ccccc2OCC)cc1. The van der Waals surface area contributed by atoms with Crippen molar-refractivity contribution in [3.05, 3.63) is 78.3 Å². The smallest absolute Gasteiger partial charge is 0.295 e. The molecule has 0 saturated heterocycles. The molecule has 1 fully saturated rings. The quantitative estimate of drug-likeness (QED) is 0.416. The lowest BCUT2D eigenvalue weighted by molar-refractivity contribution is -0.123. The molecule has 0 aliphatic heterocycles. The summed E-state index contributed by atoms with van der Waals surface area (Å²) in [4.78, 5) is 29.2. The van der Waals surface area contributed by atoms with E-state index in [1.54, 1.807) is 24.3 Å². The molecule has 1 N–H and O–H groups in total. The Balaban J connectivity index is 1.82. The van der Waals surface area contributed by atoms with Crippen LogP contribution in [0.25, 0.3) is 0 Å². The molecule has 1 atom stereocenters. The first kappa shape index (κ1) is 24.4. The highest BCUT2D eigenvalue weighted by Gasteiger charge is 2.37. The van der Waals surface area contributed by atoms with E-state index in [9.17, 15) is 9.59 Å². The van der Waals surface area contributed by atoms with Crippen LogP contribution in [-0.4, -0.2) is 31.1 Å². The fraction of sp³-hybridized carbons (Fsp3) is 0.357. The summed E-state index contributed by atoms with van der Waals surface area (Å²) in [6.45, 7) is 4.75. The van der Waals surface area contributed by atoms with Crippen LogP contribution in [0.2, 0.25) is 0 Å². The number of nitrogens with zero attached hydrogens (tertiary/aromatic N) is 1. The number of rotatable bonds is 10. The van der Waals surface area contributed by atoms with Gasteiger partial charge in [0.25, 0.3) is 5.91 Å². The van der Waals surface area contributed by atoms with Crippen LogP contribution < -0.4 is 19.7 Å². The van der Waals surface area contributed by atoms with E-state index in [-0.39, 0.29) is 17.7 Å². The van der Waals surface area contributed by atoms with Gasteiger partial charge in [-0.15, -0.1) is 0 Å². The third-order valence-electron chi connectivity index (χ3n) is 6.09. The first-order valence-corrected chi connectivity index (χ1v) is 12.2. The van der Waals surface area contributed by atoms with E-state index in [1.807, 2.05) is 50.2 Å². The second-order valence-corrected chi connectivity index (χ2v) is 8.45. The number of ether oxygens (including phenoxy) is 2. The number of furan rings is 1. The zero-order valence-corrected chi connectivity index (χ0v) is 20.2. The van der Waals surface area contributed by atoms with Gasteiger partial charge in [0.05, 0.1) is 25.2 Å². The van der Waals surface area contributed by atoms with Gasteiger partial charge in [0.15, 0.2) is 5.76 Å². The van der Waals surface area contributed by atoms with Crippen LogP contribution in [0, 0.1) is 0 Å². The van der Waals surface area contributed by atoms with Gasteiger partial charge in [-0.3, -0.25) is 14.5 Å². The largest absolute Gasteiger partial charge is 0.494 e. The number of hydrogen-bond acceptors (Lipinski definition) is 5. The second-order valence-electron chi connectivity index (χ2n) is 8.45. The zero-order chi connectivity index (χ0) is 24.6. The zero-order valence-electron chi connectivity index (χ0n) is 20.2. The molecule has 1 aromatic heterocycles. The van der Waals surface area contributed by atoms with E-state index in [0.29, 0.717) is 36.0 Å². The number of hydrogen-bond donors (Lipinski definition) is 1. The summed E-state index contributed by atoms with van der Waals surface area (Å²) in [5.41, 5.74) is 1.16. The van der Waals surface area contributed by atoms with Crippen LogP contribution >= 0.6 is 0 Å². The van der Waals surface area contributed by atoms with Gasteiger partial charge in [-0.1, -0.05) is 37.1 Å². The number of amides is 2. The molecule has 2 amide bonds. The lowest BCUT2D eigenvalue weighted by Gasteiger charge is -2.32. The van der Waals surface area contributed by atoms with Crippen molar-refractivity contribution in [1.82, 2.24) is 5.32 Å². The molecule has 35 heavy (non-hydrogen) atoms. The van der Waals surface area contributed by atoms with E-state index < -0.39 is 11.9 Å². The van der Waals surface area contributed by atoms with Crippen LogP contribution in [0.3, 0.4) is 0 Å². The first-order chi connectivity index (χ1) is 17.1. The molecule has 2 aromatic carbocycles. The van der Waals surface area contributed by atoms with Crippen LogP contribution in [0.15, 0.2) is 71.3 Å². The Morgan fingerprint density at radius 3 is 2.34 bits per heavy atom. The Bertz CT molecular complexity index is 1100. The number of carbonyl (C=O) groups is 2. The van der Waals surface area contributed by atoms with Gasteiger partial charge in [0, 0.05) is 6.04 Å². The van der Waals surface area contributed by atoms with Gasteiger partial charge >= 0.3 is 0 Å². The molecule has 1 heterocycles. The van der Waals surface area contributed by atoms with Crippen molar-refractivity contribution >= 4 is 17.5 Å². The number of para-hydroxylation sites is 2. The number of benzene rings is 2. The minimum atomic E-state index is -0.939. The molecule has 184 valence electrons. The highest BCUT2D eigenvalue weighted by Crippen LogP contribution is 2.37. The molecule has 3 aromatic rings. The average Bonchev–Trinajstić information content (AvgIpc) is 3.59. The van der Waals surface area contributed by atoms with Crippen molar-refractivity contribution in [3.63, 3.8) is 0 Å². The standard InChI is InChI=1S/C28H32N2O5/c1-3-33-22-17-15-20(16-18-22)26(27(31)29-21-10-5-6-11-21)30(28(32)25-14-9-19-35-25)23-12-7-8-13-24(23)34-4-2/h7-9,12-19,21,26H,3-6,10-11H2,1-2H3,(H,29,31)/t26-/m0/s1. The molecule has 7 heteroatoms. The van der Waals surface area contributed by atoms with Gasteiger partial charge in [0.1, 0.15) is 17.5 Å². The highest BCUT2D eigenvalue weighted by atomic mass is 16.5. The molecule has 7 nitrogen and oxygen atoms in total. The summed E-state index contributed by atoms with van der Waals surface area (Å²) in [5, 5.41) is 3.18. The monoisotopic (exact) mass is 476 g/mol. The predicted octanol–water partition coefficient (Wildman–Crippen LogP) is 5.52. The molecule has 0 spiro atoms. The van der Waals surface area contributed by atoms with Crippen molar-refractivity contribution in [3.8, 4) is 11.5 Å². The molecular weight excluding hydrogens is 444 g/mol. The Hall–Kier alpha value is -3.74. The van der Waals surface area contributed by atoms with Gasteiger partial charge in [0.2, 0.25) is 5.91 Å². The third-order valence-corrected chi connectivity index (χ3v) is 6.09. The molecule has 1 aliphatic carbocycles. The van der Waals surface area contributed by atoms with Crippen LogP contribution in [0.1, 0.15) is 61.7 Å². The van der Waals surface area contributed by atoms with Gasteiger partial charge < -0.3 is 19.2 Å². The first-order valence-electron chi connectivity index (χ1n) is 12.2. The fourth-order valence-corrected chi connectivity index (χ4v) is 4.50. The molecule has 0 bridgehead atoms. The fourth-order valence-electron chi connectivity index (χ4n) is 4.50. The molecular formula is C28H32N2O5. The van der Waals surface area contributed by atoms with E-state index in [4.69, 9.17) is 13.9 Å². The summed E-state index contributed by atoms with van der Waals surface area (Å²) in [7, 11) is 0. The highest BCUT2D eigenvalue weighted by molar-refractivity contribution is 6.09. The van der Waals surface area contributed by atoms with Crippen LogP contribution in [-0.2, 0) is 4.79 Å². The Morgan fingerprint density at radius 1 is 0.971 bits per heavy atom. The second kappa shape index (κ2) is 11.6. The minimum absolute atomic E-state index is 0.0930. The minimum Gasteiger partial charge on any atom is -0.494 e. The summed E-state index contributed by atoms with van der Waals surface area (Å²) >= 11 is 0. The maximum atomic E-state index is 13.9. The normalized spacial score (nSPS) is 14.3. The van der Waals surface area contributed by atoms with E-state index in [1.165, 1.54) is 11.2 Å². The maximum Gasteiger partial charge on any atom is 0.295 e. The Labute approximate surface area is 206 Å².